The molecule has 1 aromatic carbocycles. The molecule has 1 aromatic heterocycles. The number of fused-ring (bicyclic) bond motifs is 1. The SMILES string of the molecule is Nc1cccc2oc(NCC3CCCC(O)C3)nc12. The standard InChI is InChI=1S/C14H19N3O2/c15-11-5-2-6-12-13(11)17-14(19-12)16-8-9-3-1-4-10(18)7-9/h2,5-6,9-10,18H,1,3-4,7-8,15H2,(H,16,17). The Bertz CT molecular complexity index is 567. The van der Waals surface area contributed by atoms with Gasteiger partial charge in [-0.25, -0.2) is 0 Å². The van der Waals surface area contributed by atoms with Gasteiger partial charge in [0.25, 0.3) is 6.01 Å². The van der Waals surface area contributed by atoms with Crippen molar-refractivity contribution in [1.82, 2.24) is 4.98 Å². The first kappa shape index (κ1) is 12.3. The van der Waals surface area contributed by atoms with Crippen LogP contribution in [0.4, 0.5) is 11.7 Å². The molecule has 0 bridgehead atoms. The number of nitrogens with one attached hydrogen (secondary N) is 1. The van der Waals surface area contributed by atoms with Gasteiger partial charge in [0.05, 0.1) is 11.8 Å². The average molecular weight is 261 g/mol. The summed E-state index contributed by atoms with van der Waals surface area (Å²) < 4.78 is 5.60. The lowest BCUT2D eigenvalue weighted by Gasteiger charge is -2.25. The fraction of sp³-hybridized carbons (Fsp3) is 0.500. The summed E-state index contributed by atoms with van der Waals surface area (Å²) in [5, 5.41) is 12.9. The molecule has 102 valence electrons. The summed E-state index contributed by atoms with van der Waals surface area (Å²) in [7, 11) is 0. The summed E-state index contributed by atoms with van der Waals surface area (Å²) in [4.78, 5) is 4.35. The van der Waals surface area contributed by atoms with Gasteiger partial charge in [0.2, 0.25) is 0 Å². The number of nitrogens with zero attached hydrogens (tertiary/aromatic N) is 1. The zero-order valence-corrected chi connectivity index (χ0v) is 10.8. The van der Waals surface area contributed by atoms with Crippen molar-refractivity contribution in [1.29, 1.82) is 0 Å². The van der Waals surface area contributed by atoms with E-state index in [0.717, 1.165) is 32.2 Å². The van der Waals surface area contributed by atoms with Gasteiger partial charge in [-0.3, -0.25) is 0 Å². The Morgan fingerprint density at radius 3 is 3.11 bits per heavy atom. The molecule has 0 spiro atoms. The Labute approximate surface area is 111 Å². The van der Waals surface area contributed by atoms with Gasteiger partial charge >= 0.3 is 0 Å². The number of oxazole rings is 1. The van der Waals surface area contributed by atoms with Crippen LogP contribution in [0.2, 0.25) is 0 Å². The first-order valence-corrected chi connectivity index (χ1v) is 6.79. The Hall–Kier alpha value is -1.75. The van der Waals surface area contributed by atoms with Crippen LogP contribution in [0.1, 0.15) is 25.7 Å². The molecule has 1 fully saturated rings. The minimum absolute atomic E-state index is 0.153. The molecule has 1 aliphatic carbocycles. The number of hydrogen-bond acceptors (Lipinski definition) is 5. The first-order valence-electron chi connectivity index (χ1n) is 6.79. The summed E-state index contributed by atoms with van der Waals surface area (Å²) in [6, 6.07) is 6.03. The molecule has 0 aliphatic heterocycles. The van der Waals surface area contributed by atoms with Gasteiger partial charge in [-0.2, -0.15) is 4.98 Å². The average Bonchev–Trinajstić information content (AvgIpc) is 2.81. The largest absolute Gasteiger partial charge is 0.423 e. The summed E-state index contributed by atoms with van der Waals surface area (Å²) in [6.07, 6.45) is 3.87. The van der Waals surface area contributed by atoms with Crippen molar-refractivity contribution in [3.63, 3.8) is 0 Å². The van der Waals surface area contributed by atoms with Crippen molar-refractivity contribution >= 4 is 22.8 Å². The van der Waals surface area contributed by atoms with Gasteiger partial charge in [-0.05, 0) is 37.3 Å². The highest BCUT2D eigenvalue weighted by molar-refractivity contribution is 5.86. The van der Waals surface area contributed by atoms with E-state index in [1.807, 2.05) is 18.2 Å². The van der Waals surface area contributed by atoms with Crippen LogP contribution < -0.4 is 11.1 Å². The molecule has 1 heterocycles. The highest BCUT2D eigenvalue weighted by atomic mass is 16.4. The smallest absolute Gasteiger partial charge is 0.295 e. The molecular formula is C14H19N3O2. The second kappa shape index (κ2) is 5.09. The summed E-state index contributed by atoms with van der Waals surface area (Å²) in [6.45, 7) is 0.782. The molecule has 4 N–H and O–H groups in total. The molecule has 2 unspecified atom stereocenters. The van der Waals surface area contributed by atoms with E-state index in [1.54, 1.807) is 0 Å². The number of aliphatic hydroxyl groups excluding tert-OH is 1. The van der Waals surface area contributed by atoms with Crippen molar-refractivity contribution in [2.24, 2.45) is 5.92 Å². The van der Waals surface area contributed by atoms with Gasteiger partial charge in [0, 0.05) is 6.54 Å². The number of nitrogens with two attached hydrogens (primary N) is 1. The Kier molecular flexibility index (Phi) is 3.29. The second-order valence-corrected chi connectivity index (χ2v) is 5.28. The number of aromatic nitrogens is 1. The van der Waals surface area contributed by atoms with Crippen LogP contribution in [0.3, 0.4) is 0 Å². The van der Waals surface area contributed by atoms with Crippen LogP contribution in [-0.4, -0.2) is 22.7 Å². The van der Waals surface area contributed by atoms with Gasteiger partial charge in [0.15, 0.2) is 5.58 Å². The molecule has 19 heavy (non-hydrogen) atoms. The molecule has 5 heteroatoms. The Balaban J connectivity index is 1.66. The van der Waals surface area contributed by atoms with Crippen LogP contribution in [0, 0.1) is 5.92 Å². The van der Waals surface area contributed by atoms with Gasteiger partial charge in [0.1, 0.15) is 5.52 Å². The van der Waals surface area contributed by atoms with E-state index < -0.39 is 0 Å². The zero-order chi connectivity index (χ0) is 13.2. The maximum Gasteiger partial charge on any atom is 0.295 e. The molecule has 1 saturated carbocycles. The quantitative estimate of drug-likeness (QED) is 0.739. The normalized spacial score (nSPS) is 23.6. The lowest BCUT2D eigenvalue weighted by molar-refractivity contribution is 0.104. The highest BCUT2D eigenvalue weighted by Gasteiger charge is 2.20. The lowest BCUT2D eigenvalue weighted by Crippen LogP contribution is -2.25. The van der Waals surface area contributed by atoms with Crippen LogP contribution >= 0.6 is 0 Å². The number of para-hydroxylation sites is 1. The molecule has 0 saturated heterocycles. The Morgan fingerprint density at radius 2 is 2.32 bits per heavy atom. The number of nitrogen functional groups attached to an aromatic ring is 1. The molecule has 2 atom stereocenters. The monoisotopic (exact) mass is 261 g/mol. The highest BCUT2D eigenvalue weighted by Crippen LogP contribution is 2.26. The number of benzene rings is 1. The predicted octanol–water partition coefficient (Wildman–Crippen LogP) is 2.37. The van der Waals surface area contributed by atoms with Crippen LogP contribution in [0.25, 0.3) is 11.1 Å². The first-order chi connectivity index (χ1) is 9.22. The van der Waals surface area contributed by atoms with Crippen LogP contribution in [0.15, 0.2) is 22.6 Å². The van der Waals surface area contributed by atoms with Gasteiger partial charge in [-0.15, -0.1) is 0 Å². The van der Waals surface area contributed by atoms with Crippen LogP contribution in [0.5, 0.6) is 0 Å². The topological polar surface area (TPSA) is 84.3 Å². The molecule has 2 aromatic rings. The number of rotatable bonds is 3. The molecular weight excluding hydrogens is 242 g/mol. The third kappa shape index (κ3) is 2.66. The van der Waals surface area contributed by atoms with E-state index in [4.69, 9.17) is 10.2 Å². The van der Waals surface area contributed by atoms with Crippen molar-refractivity contribution in [2.75, 3.05) is 17.6 Å². The van der Waals surface area contributed by atoms with E-state index in [1.165, 1.54) is 0 Å². The molecule has 0 amide bonds. The lowest BCUT2D eigenvalue weighted by atomic mass is 9.87. The Morgan fingerprint density at radius 1 is 1.42 bits per heavy atom. The van der Waals surface area contributed by atoms with Crippen molar-refractivity contribution in [2.45, 2.75) is 31.8 Å². The number of hydrogen-bond donors (Lipinski definition) is 3. The van der Waals surface area contributed by atoms with E-state index in [9.17, 15) is 5.11 Å². The fourth-order valence-electron chi connectivity index (χ4n) is 2.73. The van der Waals surface area contributed by atoms with E-state index in [-0.39, 0.29) is 6.10 Å². The van der Waals surface area contributed by atoms with E-state index in [0.29, 0.717) is 28.7 Å². The van der Waals surface area contributed by atoms with Crippen molar-refractivity contribution < 1.29 is 9.52 Å². The molecule has 5 nitrogen and oxygen atoms in total. The summed E-state index contributed by atoms with van der Waals surface area (Å²) in [5.41, 5.74) is 7.87. The maximum atomic E-state index is 9.64. The zero-order valence-electron chi connectivity index (χ0n) is 10.8. The third-order valence-electron chi connectivity index (χ3n) is 3.75. The summed E-state index contributed by atoms with van der Waals surface area (Å²) in [5.74, 6) is 0.483. The van der Waals surface area contributed by atoms with Crippen molar-refractivity contribution in [3.8, 4) is 0 Å². The van der Waals surface area contributed by atoms with Gasteiger partial charge in [-0.1, -0.05) is 12.5 Å². The van der Waals surface area contributed by atoms with E-state index in [2.05, 4.69) is 10.3 Å². The fourth-order valence-corrected chi connectivity index (χ4v) is 2.73. The predicted molar refractivity (Wildman–Crippen MR) is 74.9 cm³/mol. The van der Waals surface area contributed by atoms with Gasteiger partial charge < -0.3 is 20.6 Å². The maximum absolute atomic E-state index is 9.64. The van der Waals surface area contributed by atoms with Crippen LogP contribution in [-0.2, 0) is 0 Å². The summed E-state index contributed by atoms with van der Waals surface area (Å²) >= 11 is 0. The minimum atomic E-state index is -0.153. The second-order valence-electron chi connectivity index (χ2n) is 5.28. The van der Waals surface area contributed by atoms with E-state index >= 15 is 0 Å². The minimum Gasteiger partial charge on any atom is -0.423 e. The molecule has 1 aliphatic rings. The molecule has 3 rings (SSSR count). The van der Waals surface area contributed by atoms with Crippen molar-refractivity contribution in [3.05, 3.63) is 18.2 Å². The molecule has 0 radical (unpaired) electrons. The number of aliphatic hydroxyl groups is 1. The third-order valence-corrected chi connectivity index (χ3v) is 3.75. The number of anilines is 2.